The van der Waals surface area contributed by atoms with Gasteiger partial charge in [0, 0.05) is 17.6 Å². The van der Waals surface area contributed by atoms with E-state index in [9.17, 15) is 9.18 Å². The Hall–Kier alpha value is -2.16. The molecule has 2 aromatic carbocycles. The molecule has 3 heteroatoms. The van der Waals surface area contributed by atoms with Crippen LogP contribution in [0.25, 0.3) is 0 Å². The smallest absolute Gasteiger partial charge is 0.261 e. The van der Waals surface area contributed by atoms with E-state index >= 15 is 0 Å². The van der Waals surface area contributed by atoms with E-state index in [0.717, 1.165) is 17.7 Å². The lowest BCUT2D eigenvalue weighted by Gasteiger charge is -2.24. The Bertz CT molecular complexity index is 697. The van der Waals surface area contributed by atoms with Crippen LogP contribution < -0.4 is 4.90 Å². The summed E-state index contributed by atoms with van der Waals surface area (Å²) < 4.78 is 13.9. The molecular weight excluding hydrogens is 265 g/mol. The largest absolute Gasteiger partial charge is 0.307 e. The second-order valence-electron chi connectivity index (χ2n) is 5.80. The molecule has 21 heavy (non-hydrogen) atoms. The number of anilines is 1. The molecular formula is C18H18FNO. The van der Waals surface area contributed by atoms with Crippen molar-refractivity contribution in [3.8, 4) is 0 Å². The number of hydrogen-bond donors (Lipinski definition) is 0. The normalized spacial score (nSPS) is 20.4. The van der Waals surface area contributed by atoms with E-state index in [1.807, 2.05) is 18.2 Å². The molecule has 1 unspecified atom stereocenters. The minimum atomic E-state index is -0.468. The summed E-state index contributed by atoms with van der Waals surface area (Å²) in [5.41, 5.74) is 2.12. The molecule has 0 aromatic heterocycles. The molecule has 0 bridgehead atoms. The lowest BCUT2D eigenvalue weighted by atomic mass is 9.82. The zero-order valence-electron chi connectivity index (χ0n) is 12.3. The SMILES string of the molecule is CCC1(C)CN(C(=O)c2ccccc2F)c2ccccc21. The first-order chi connectivity index (χ1) is 10.1. The van der Waals surface area contributed by atoms with Gasteiger partial charge in [-0.2, -0.15) is 0 Å². The molecule has 1 aliphatic rings. The lowest BCUT2D eigenvalue weighted by Crippen LogP contribution is -2.35. The van der Waals surface area contributed by atoms with Gasteiger partial charge in [-0.15, -0.1) is 0 Å². The summed E-state index contributed by atoms with van der Waals surface area (Å²) in [6, 6.07) is 14.1. The standard InChI is InChI=1S/C18H18FNO/c1-3-18(2)12-20(16-11-7-5-9-14(16)18)17(21)13-8-4-6-10-15(13)19/h4-11H,3,12H2,1-2H3. The number of carbonyl (C=O) groups is 1. The van der Waals surface area contributed by atoms with Crippen molar-refractivity contribution in [2.75, 3.05) is 11.4 Å². The van der Waals surface area contributed by atoms with Crippen LogP contribution in [0.3, 0.4) is 0 Å². The summed E-state index contributed by atoms with van der Waals surface area (Å²) in [5.74, 6) is -0.734. The maximum Gasteiger partial charge on any atom is 0.261 e. The molecule has 1 amide bonds. The number of rotatable bonds is 2. The third-order valence-electron chi connectivity index (χ3n) is 4.48. The summed E-state index contributed by atoms with van der Waals surface area (Å²) >= 11 is 0. The first-order valence-corrected chi connectivity index (χ1v) is 7.23. The Morgan fingerprint density at radius 1 is 1.19 bits per heavy atom. The van der Waals surface area contributed by atoms with E-state index in [4.69, 9.17) is 0 Å². The zero-order chi connectivity index (χ0) is 15.0. The Balaban J connectivity index is 2.05. The molecule has 2 nitrogen and oxygen atoms in total. The number of hydrogen-bond acceptors (Lipinski definition) is 1. The molecule has 3 rings (SSSR count). The summed E-state index contributed by atoms with van der Waals surface area (Å²) in [5, 5.41) is 0. The first kappa shape index (κ1) is 13.8. The van der Waals surface area contributed by atoms with Crippen molar-refractivity contribution in [2.45, 2.75) is 25.7 Å². The van der Waals surface area contributed by atoms with Crippen molar-refractivity contribution in [3.63, 3.8) is 0 Å². The van der Waals surface area contributed by atoms with Crippen LogP contribution in [0.2, 0.25) is 0 Å². The highest BCUT2D eigenvalue weighted by Gasteiger charge is 2.40. The minimum absolute atomic E-state index is 0.0719. The summed E-state index contributed by atoms with van der Waals surface area (Å²) in [7, 11) is 0. The third-order valence-corrected chi connectivity index (χ3v) is 4.48. The van der Waals surface area contributed by atoms with E-state index in [1.165, 1.54) is 6.07 Å². The van der Waals surface area contributed by atoms with Crippen LogP contribution in [0.4, 0.5) is 10.1 Å². The number of amides is 1. The van der Waals surface area contributed by atoms with Crippen molar-refractivity contribution < 1.29 is 9.18 Å². The van der Waals surface area contributed by atoms with Crippen molar-refractivity contribution in [1.29, 1.82) is 0 Å². The zero-order valence-corrected chi connectivity index (χ0v) is 12.3. The highest BCUT2D eigenvalue weighted by atomic mass is 19.1. The van der Waals surface area contributed by atoms with Gasteiger partial charge in [-0.25, -0.2) is 4.39 Å². The Morgan fingerprint density at radius 3 is 2.57 bits per heavy atom. The average molecular weight is 283 g/mol. The van der Waals surface area contributed by atoms with Gasteiger partial charge in [0.1, 0.15) is 5.82 Å². The predicted octanol–water partition coefficient (Wildman–Crippen LogP) is 4.15. The molecule has 0 aliphatic carbocycles. The molecule has 1 aliphatic heterocycles. The number of carbonyl (C=O) groups excluding carboxylic acids is 1. The molecule has 0 saturated carbocycles. The molecule has 0 saturated heterocycles. The first-order valence-electron chi connectivity index (χ1n) is 7.23. The van der Waals surface area contributed by atoms with E-state index in [2.05, 4.69) is 19.9 Å². The van der Waals surface area contributed by atoms with Crippen molar-refractivity contribution in [2.24, 2.45) is 0 Å². The Labute approximate surface area is 124 Å². The number of para-hydroxylation sites is 1. The second kappa shape index (κ2) is 4.99. The summed E-state index contributed by atoms with van der Waals surface area (Å²) in [4.78, 5) is 14.4. The van der Waals surface area contributed by atoms with Gasteiger partial charge >= 0.3 is 0 Å². The van der Waals surface area contributed by atoms with E-state index in [1.54, 1.807) is 23.1 Å². The average Bonchev–Trinajstić information content (AvgIpc) is 2.82. The Morgan fingerprint density at radius 2 is 1.86 bits per heavy atom. The van der Waals surface area contributed by atoms with Gasteiger partial charge in [0.05, 0.1) is 5.56 Å². The minimum Gasteiger partial charge on any atom is -0.307 e. The fraction of sp³-hybridized carbons (Fsp3) is 0.278. The van der Waals surface area contributed by atoms with Crippen molar-refractivity contribution >= 4 is 11.6 Å². The van der Waals surface area contributed by atoms with Crippen LogP contribution in [0.1, 0.15) is 36.2 Å². The number of fused-ring (bicyclic) bond motifs is 1. The molecule has 108 valence electrons. The fourth-order valence-electron chi connectivity index (χ4n) is 3.00. The predicted molar refractivity (Wildman–Crippen MR) is 82.2 cm³/mol. The van der Waals surface area contributed by atoms with Gasteiger partial charge in [0.2, 0.25) is 0 Å². The van der Waals surface area contributed by atoms with Gasteiger partial charge in [-0.05, 0) is 30.2 Å². The monoisotopic (exact) mass is 283 g/mol. The summed E-state index contributed by atoms with van der Waals surface area (Å²) in [6.07, 6.45) is 0.936. The fourth-order valence-corrected chi connectivity index (χ4v) is 3.00. The number of halogens is 1. The van der Waals surface area contributed by atoms with Crippen LogP contribution in [-0.4, -0.2) is 12.5 Å². The maximum absolute atomic E-state index is 13.9. The van der Waals surface area contributed by atoms with E-state index in [-0.39, 0.29) is 16.9 Å². The molecule has 0 spiro atoms. The molecule has 0 radical (unpaired) electrons. The lowest BCUT2D eigenvalue weighted by molar-refractivity contribution is 0.0981. The molecule has 1 heterocycles. The molecule has 1 atom stereocenters. The Kier molecular flexibility index (Phi) is 3.28. The second-order valence-corrected chi connectivity index (χ2v) is 5.80. The van der Waals surface area contributed by atoms with Crippen molar-refractivity contribution in [1.82, 2.24) is 0 Å². The van der Waals surface area contributed by atoms with Gasteiger partial charge in [0.25, 0.3) is 5.91 Å². The molecule has 0 fully saturated rings. The van der Waals surface area contributed by atoms with Crippen LogP contribution in [0, 0.1) is 5.82 Å². The molecule has 2 aromatic rings. The maximum atomic E-state index is 13.9. The van der Waals surface area contributed by atoms with E-state index in [0.29, 0.717) is 6.54 Å². The van der Waals surface area contributed by atoms with Crippen LogP contribution >= 0.6 is 0 Å². The van der Waals surface area contributed by atoms with Crippen molar-refractivity contribution in [3.05, 3.63) is 65.5 Å². The summed E-state index contributed by atoms with van der Waals surface area (Å²) in [6.45, 7) is 4.87. The van der Waals surface area contributed by atoms with Crippen LogP contribution in [0.5, 0.6) is 0 Å². The van der Waals surface area contributed by atoms with E-state index < -0.39 is 5.82 Å². The van der Waals surface area contributed by atoms with Gasteiger partial charge < -0.3 is 4.90 Å². The van der Waals surface area contributed by atoms with Crippen LogP contribution in [0.15, 0.2) is 48.5 Å². The topological polar surface area (TPSA) is 20.3 Å². The number of benzene rings is 2. The van der Waals surface area contributed by atoms with Gasteiger partial charge in [0.15, 0.2) is 0 Å². The van der Waals surface area contributed by atoms with Gasteiger partial charge in [-0.3, -0.25) is 4.79 Å². The molecule has 0 N–H and O–H groups in total. The van der Waals surface area contributed by atoms with Gasteiger partial charge in [-0.1, -0.05) is 44.2 Å². The third kappa shape index (κ3) is 2.13. The highest BCUT2D eigenvalue weighted by molar-refractivity contribution is 6.07. The highest BCUT2D eigenvalue weighted by Crippen LogP contribution is 2.43. The van der Waals surface area contributed by atoms with Crippen LogP contribution in [-0.2, 0) is 5.41 Å². The quantitative estimate of drug-likeness (QED) is 0.810. The number of nitrogens with zero attached hydrogens (tertiary/aromatic N) is 1.